The minimum atomic E-state index is -1.23. The van der Waals surface area contributed by atoms with Crippen LogP contribution in [0.4, 0.5) is 4.79 Å². The Balaban J connectivity index is 2.30. The number of nitrogens with zero attached hydrogens (tertiary/aromatic N) is 3. The molecule has 0 aromatic carbocycles. The fourth-order valence-electron chi connectivity index (χ4n) is 2.17. The van der Waals surface area contributed by atoms with E-state index in [9.17, 15) is 14.4 Å². The van der Waals surface area contributed by atoms with Crippen LogP contribution in [0.5, 0.6) is 0 Å². The summed E-state index contributed by atoms with van der Waals surface area (Å²) in [5.41, 5.74) is 0.411. The van der Waals surface area contributed by atoms with E-state index in [-0.39, 0.29) is 6.54 Å². The molecule has 20 heavy (non-hydrogen) atoms. The van der Waals surface area contributed by atoms with Crippen molar-refractivity contribution in [2.24, 2.45) is 12.5 Å². The molecule has 0 bridgehead atoms. The zero-order valence-corrected chi connectivity index (χ0v) is 12.1. The highest BCUT2D eigenvalue weighted by molar-refractivity contribution is 6.18. The molecular weight excluding hydrogens is 260 g/mol. The number of barbiturate groups is 1. The summed E-state index contributed by atoms with van der Waals surface area (Å²) in [5, 5.41) is 6.49. The van der Waals surface area contributed by atoms with Gasteiger partial charge < -0.3 is 0 Å². The lowest BCUT2D eigenvalue weighted by Crippen LogP contribution is -2.61. The quantitative estimate of drug-likeness (QED) is 0.820. The molecule has 0 spiro atoms. The summed E-state index contributed by atoms with van der Waals surface area (Å²) >= 11 is 0. The summed E-state index contributed by atoms with van der Waals surface area (Å²) in [5.74, 6) is -1.05. The van der Waals surface area contributed by atoms with E-state index in [2.05, 4.69) is 10.4 Å². The van der Waals surface area contributed by atoms with Gasteiger partial charge in [0.2, 0.25) is 11.8 Å². The maximum atomic E-state index is 12.3. The molecule has 108 valence electrons. The van der Waals surface area contributed by atoms with Gasteiger partial charge in [0.05, 0.1) is 12.2 Å². The molecule has 1 aromatic heterocycles. The highest BCUT2D eigenvalue weighted by Gasteiger charge is 2.47. The number of aryl methyl sites for hydroxylation is 2. The number of hydrogen-bond acceptors (Lipinski definition) is 4. The van der Waals surface area contributed by atoms with Gasteiger partial charge in [-0.15, -0.1) is 0 Å². The maximum Gasteiger partial charge on any atom is 0.331 e. The number of amides is 4. The molecule has 1 N–H and O–H groups in total. The van der Waals surface area contributed by atoms with Gasteiger partial charge in [0.15, 0.2) is 0 Å². The Hall–Kier alpha value is -2.18. The molecule has 1 saturated heterocycles. The van der Waals surface area contributed by atoms with Gasteiger partial charge in [0.1, 0.15) is 5.41 Å². The predicted molar refractivity (Wildman–Crippen MR) is 70.5 cm³/mol. The maximum absolute atomic E-state index is 12.3. The molecule has 0 atom stereocenters. The summed E-state index contributed by atoms with van der Waals surface area (Å²) < 4.78 is 1.65. The van der Waals surface area contributed by atoms with Crippen molar-refractivity contribution < 1.29 is 14.4 Å². The first-order valence-corrected chi connectivity index (χ1v) is 6.46. The van der Waals surface area contributed by atoms with Crippen LogP contribution in [-0.4, -0.2) is 32.5 Å². The van der Waals surface area contributed by atoms with Gasteiger partial charge in [-0.2, -0.15) is 5.10 Å². The molecule has 2 rings (SSSR count). The number of hydrogen-bond donors (Lipinski definition) is 1. The second-order valence-electron chi connectivity index (χ2n) is 5.40. The molecule has 1 aliphatic heterocycles. The highest BCUT2D eigenvalue weighted by Crippen LogP contribution is 2.25. The first-order chi connectivity index (χ1) is 9.27. The van der Waals surface area contributed by atoms with Crippen molar-refractivity contribution in [3.63, 3.8) is 0 Å². The number of aromatic nitrogens is 2. The Labute approximate surface area is 116 Å². The Bertz CT molecular complexity index is 588. The van der Waals surface area contributed by atoms with Crippen molar-refractivity contribution in [3.05, 3.63) is 17.5 Å². The van der Waals surface area contributed by atoms with Crippen molar-refractivity contribution >= 4 is 17.8 Å². The molecule has 1 fully saturated rings. The second-order valence-corrected chi connectivity index (χ2v) is 5.40. The number of nitrogens with one attached hydrogen (secondary N) is 1. The summed E-state index contributed by atoms with van der Waals surface area (Å²) in [6.07, 6.45) is 2.49. The highest BCUT2D eigenvalue weighted by atomic mass is 16.2. The zero-order valence-electron chi connectivity index (χ0n) is 12.1. The third kappa shape index (κ3) is 2.19. The third-order valence-corrected chi connectivity index (χ3v) is 3.47. The van der Waals surface area contributed by atoms with E-state index < -0.39 is 23.3 Å². The average Bonchev–Trinajstić information content (AvgIpc) is 2.73. The molecule has 0 aliphatic carbocycles. The number of urea groups is 1. The Morgan fingerprint density at radius 2 is 1.95 bits per heavy atom. The predicted octanol–water partition coefficient (Wildman–Crippen LogP) is 0.587. The minimum absolute atomic E-state index is 0.123. The van der Waals surface area contributed by atoms with E-state index in [4.69, 9.17) is 0 Å². The lowest BCUT2D eigenvalue weighted by molar-refractivity contribution is -0.149. The van der Waals surface area contributed by atoms with E-state index >= 15 is 0 Å². The topological polar surface area (TPSA) is 84.3 Å². The molecule has 1 aliphatic rings. The Kier molecular flexibility index (Phi) is 3.37. The Morgan fingerprint density at radius 1 is 1.30 bits per heavy atom. The van der Waals surface area contributed by atoms with E-state index in [1.54, 1.807) is 17.9 Å². The van der Waals surface area contributed by atoms with Crippen LogP contribution in [0, 0.1) is 5.41 Å². The van der Waals surface area contributed by atoms with Gasteiger partial charge in [0, 0.05) is 18.8 Å². The van der Waals surface area contributed by atoms with E-state index in [0.717, 1.165) is 16.2 Å². The number of rotatable bonds is 3. The lowest BCUT2D eigenvalue weighted by Gasteiger charge is -2.34. The third-order valence-electron chi connectivity index (χ3n) is 3.47. The average molecular weight is 278 g/mol. The Morgan fingerprint density at radius 3 is 2.55 bits per heavy atom. The zero-order chi connectivity index (χ0) is 15.1. The molecule has 0 radical (unpaired) electrons. The molecule has 7 nitrogen and oxygen atoms in total. The van der Waals surface area contributed by atoms with Gasteiger partial charge in [-0.3, -0.25) is 24.5 Å². The van der Waals surface area contributed by atoms with Gasteiger partial charge >= 0.3 is 6.03 Å². The number of imide groups is 2. The van der Waals surface area contributed by atoms with Crippen molar-refractivity contribution in [2.45, 2.75) is 33.7 Å². The van der Waals surface area contributed by atoms with Crippen molar-refractivity contribution in [3.8, 4) is 0 Å². The molecule has 4 amide bonds. The largest absolute Gasteiger partial charge is 0.331 e. The first kappa shape index (κ1) is 14.2. The van der Waals surface area contributed by atoms with Gasteiger partial charge in [-0.25, -0.2) is 4.79 Å². The summed E-state index contributed by atoms with van der Waals surface area (Å²) in [6, 6.07) is -0.676. The van der Waals surface area contributed by atoms with Crippen LogP contribution < -0.4 is 5.32 Å². The van der Waals surface area contributed by atoms with Crippen LogP contribution >= 0.6 is 0 Å². The SMILES string of the molecule is CCc1nn(C)cc1CN1C(=O)NC(=O)C(C)(C)C1=O. The minimum Gasteiger partial charge on any atom is -0.277 e. The van der Waals surface area contributed by atoms with Gasteiger partial charge in [-0.05, 0) is 20.3 Å². The number of carbonyl (C=O) groups excluding carboxylic acids is 3. The molecule has 2 heterocycles. The van der Waals surface area contributed by atoms with E-state index in [1.165, 1.54) is 13.8 Å². The molecule has 0 saturated carbocycles. The van der Waals surface area contributed by atoms with Crippen LogP contribution in [0.25, 0.3) is 0 Å². The smallest absolute Gasteiger partial charge is 0.277 e. The summed E-state index contributed by atoms with van der Waals surface area (Å²) in [4.78, 5) is 36.9. The van der Waals surface area contributed by atoms with Crippen LogP contribution in [-0.2, 0) is 29.6 Å². The van der Waals surface area contributed by atoms with Crippen molar-refractivity contribution in [1.29, 1.82) is 0 Å². The van der Waals surface area contributed by atoms with E-state index in [0.29, 0.717) is 6.42 Å². The molecule has 1 aromatic rings. The summed E-state index contributed by atoms with van der Waals surface area (Å²) in [7, 11) is 1.79. The molecule has 0 unspecified atom stereocenters. The number of carbonyl (C=O) groups is 3. The molecular formula is C13H18N4O3. The lowest BCUT2D eigenvalue weighted by atomic mass is 9.88. The monoisotopic (exact) mass is 278 g/mol. The second kappa shape index (κ2) is 4.73. The van der Waals surface area contributed by atoms with Gasteiger partial charge in [0.25, 0.3) is 0 Å². The van der Waals surface area contributed by atoms with Crippen LogP contribution in [0.2, 0.25) is 0 Å². The van der Waals surface area contributed by atoms with Crippen LogP contribution in [0.1, 0.15) is 32.0 Å². The fourth-order valence-corrected chi connectivity index (χ4v) is 2.17. The van der Waals surface area contributed by atoms with Gasteiger partial charge in [-0.1, -0.05) is 6.92 Å². The van der Waals surface area contributed by atoms with Crippen LogP contribution in [0.15, 0.2) is 6.20 Å². The molecule has 7 heteroatoms. The fraction of sp³-hybridized carbons (Fsp3) is 0.538. The normalized spacial score (nSPS) is 18.4. The summed E-state index contributed by atoms with van der Waals surface area (Å²) in [6.45, 7) is 5.10. The first-order valence-electron chi connectivity index (χ1n) is 6.46. The van der Waals surface area contributed by atoms with Crippen molar-refractivity contribution in [2.75, 3.05) is 0 Å². The van der Waals surface area contributed by atoms with E-state index in [1.807, 2.05) is 6.92 Å². The van der Waals surface area contributed by atoms with Crippen molar-refractivity contribution in [1.82, 2.24) is 20.0 Å². The standard InChI is InChI=1S/C13H18N4O3/c1-5-9-8(6-16(4)15-9)7-17-11(19)13(2,3)10(18)14-12(17)20/h6H,5,7H2,1-4H3,(H,14,18,20). The van der Waals surface area contributed by atoms with Crippen LogP contribution in [0.3, 0.4) is 0 Å².